The van der Waals surface area contributed by atoms with Crippen LogP contribution < -0.4 is 5.32 Å². The van der Waals surface area contributed by atoms with Crippen LogP contribution in [0.15, 0.2) is 18.2 Å². The summed E-state index contributed by atoms with van der Waals surface area (Å²) >= 11 is 7.49. The number of urea groups is 1. The van der Waals surface area contributed by atoms with Gasteiger partial charge in [0, 0.05) is 22.9 Å². The number of nitrogens with one attached hydrogen (secondary N) is 1. The Bertz CT molecular complexity index is 491. The molecule has 0 saturated carbocycles. The van der Waals surface area contributed by atoms with Crippen molar-refractivity contribution >= 4 is 35.3 Å². The highest BCUT2D eigenvalue weighted by atomic mass is 35.5. The predicted octanol–water partition coefficient (Wildman–Crippen LogP) is 2.31. The quantitative estimate of drug-likeness (QED) is 0.647. The first-order chi connectivity index (χ1) is 9.59. The number of carbonyl (C=O) groups excluding carboxylic acids is 2. The van der Waals surface area contributed by atoms with Crippen molar-refractivity contribution in [1.29, 1.82) is 0 Å². The number of amides is 3. The van der Waals surface area contributed by atoms with Crippen LogP contribution in [0.4, 0.5) is 9.18 Å². The molecule has 1 aliphatic heterocycles. The van der Waals surface area contributed by atoms with E-state index in [1.54, 1.807) is 23.9 Å². The summed E-state index contributed by atoms with van der Waals surface area (Å²) in [6, 6.07) is 4.29. The Morgan fingerprint density at radius 2 is 2.15 bits per heavy atom. The maximum Gasteiger partial charge on any atom is 0.324 e. The average molecular weight is 317 g/mol. The summed E-state index contributed by atoms with van der Waals surface area (Å²) < 4.78 is 13.5. The van der Waals surface area contributed by atoms with Gasteiger partial charge in [0.15, 0.2) is 0 Å². The second kappa shape index (κ2) is 6.95. The molecule has 2 rings (SSSR count). The molecular weight excluding hydrogens is 303 g/mol. The fourth-order valence-corrected chi connectivity index (χ4v) is 3.01. The van der Waals surface area contributed by atoms with Gasteiger partial charge in [-0.1, -0.05) is 17.7 Å². The number of halogens is 2. The first-order valence-electron chi connectivity index (χ1n) is 6.18. The van der Waals surface area contributed by atoms with Crippen molar-refractivity contribution < 1.29 is 14.0 Å². The molecule has 1 saturated heterocycles. The highest BCUT2D eigenvalue weighted by molar-refractivity contribution is 7.99. The molecular formula is C13H14ClFN2O2S. The van der Waals surface area contributed by atoms with Gasteiger partial charge in [0.05, 0.1) is 6.54 Å². The minimum atomic E-state index is -0.340. The van der Waals surface area contributed by atoms with Gasteiger partial charge in [-0.2, -0.15) is 11.8 Å². The number of imide groups is 1. The second-order valence-electron chi connectivity index (χ2n) is 4.27. The molecule has 1 aromatic rings. The van der Waals surface area contributed by atoms with Gasteiger partial charge < -0.3 is 5.32 Å². The number of benzene rings is 1. The molecule has 0 radical (unpaired) electrons. The first kappa shape index (κ1) is 15.1. The Balaban J connectivity index is 1.72. The van der Waals surface area contributed by atoms with E-state index in [9.17, 15) is 14.0 Å². The lowest BCUT2D eigenvalue weighted by atomic mass is 10.1. The van der Waals surface area contributed by atoms with E-state index in [2.05, 4.69) is 5.32 Å². The minimum absolute atomic E-state index is 0.0777. The Hall–Kier alpha value is -1.27. The van der Waals surface area contributed by atoms with Crippen LogP contribution in [-0.4, -0.2) is 41.4 Å². The van der Waals surface area contributed by atoms with Crippen molar-refractivity contribution in [2.45, 2.75) is 6.42 Å². The van der Waals surface area contributed by atoms with Crippen LogP contribution in [0.25, 0.3) is 0 Å². The Morgan fingerprint density at radius 1 is 1.35 bits per heavy atom. The molecule has 3 amide bonds. The standard InChI is InChI=1S/C13H14ClFN2O2S/c14-10-2-1-3-11(15)9(10)4-6-20-7-5-17-12(18)8-16-13(17)19/h1-3H,4-8H2,(H,16,19). The van der Waals surface area contributed by atoms with Gasteiger partial charge >= 0.3 is 6.03 Å². The molecule has 1 aromatic carbocycles. The van der Waals surface area contributed by atoms with Gasteiger partial charge in [0.1, 0.15) is 5.82 Å². The van der Waals surface area contributed by atoms with Crippen LogP contribution in [0.2, 0.25) is 5.02 Å². The summed E-state index contributed by atoms with van der Waals surface area (Å²) in [6.07, 6.45) is 0.524. The van der Waals surface area contributed by atoms with Crippen molar-refractivity contribution in [3.8, 4) is 0 Å². The average Bonchev–Trinajstić information content (AvgIpc) is 2.72. The SMILES string of the molecule is O=C1CNC(=O)N1CCSCCc1c(F)cccc1Cl. The predicted molar refractivity (Wildman–Crippen MR) is 77.6 cm³/mol. The number of carbonyl (C=O) groups is 2. The lowest BCUT2D eigenvalue weighted by Gasteiger charge is -2.11. The zero-order chi connectivity index (χ0) is 14.5. The molecule has 0 aliphatic carbocycles. The highest BCUT2D eigenvalue weighted by Gasteiger charge is 2.27. The second-order valence-corrected chi connectivity index (χ2v) is 5.90. The van der Waals surface area contributed by atoms with Crippen LogP contribution in [0.5, 0.6) is 0 Å². The monoisotopic (exact) mass is 316 g/mol. The number of nitrogens with zero attached hydrogens (tertiary/aromatic N) is 1. The fraction of sp³-hybridized carbons (Fsp3) is 0.385. The molecule has 0 atom stereocenters. The summed E-state index contributed by atoms with van der Waals surface area (Å²) in [5.41, 5.74) is 0.511. The van der Waals surface area contributed by atoms with Crippen LogP contribution in [0, 0.1) is 5.82 Å². The van der Waals surface area contributed by atoms with E-state index in [1.165, 1.54) is 11.0 Å². The molecule has 1 aliphatic rings. The number of hydrogen-bond acceptors (Lipinski definition) is 3. The molecule has 20 heavy (non-hydrogen) atoms. The molecule has 1 fully saturated rings. The number of rotatable bonds is 6. The van der Waals surface area contributed by atoms with E-state index in [1.807, 2.05) is 0 Å². The van der Waals surface area contributed by atoms with E-state index >= 15 is 0 Å². The van der Waals surface area contributed by atoms with E-state index in [4.69, 9.17) is 11.6 Å². The van der Waals surface area contributed by atoms with E-state index < -0.39 is 0 Å². The molecule has 108 valence electrons. The lowest BCUT2D eigenvalue weighted by molar-refractivity contribution is -0.124. The molecule has 0 unspecified atom stereocenters. The Morgan fingerprint density at radius 3 is 2.80 bits per heavy atom. The Labute approximate surface area is 125 Å². The third-order valence-electron chi connectivity index (χ3n) is 2.95. The summed E-state index contributed by atoms with van der Waals surface area (Å²) in [4.78, 5) is 23.8. The van der Waals surface area contributed by atoms with Crippen molar-refractivity contribution in [3.63, 3.8) is 0 Å². The van der Waals surface area contributed by atoms with Crippen molar-refractivity contribution in [2.24, 2.45) is 0 Å². The zero-order valence-electron chi connectivity index (χ0n) is 10.7. The summed E-state index contributed by atoms with van der Waals surface area (Å²) in [5.74, 6) is 0.815. The van der Waals surface area contributed by atoms with Crippen LogP contribution in [0.1, 0.15) is 5.56 Å². The maximum absolute atomic E-state index is 13.5. The highest BCUT2D eigenvalue weighted by Crippen LogP contribution is 2.20. The van der Waals surface area contributed by atoms with Gasteiger partial charge in [-0.25, -0.2) is 9.18 Å². The third-order valence-corrected chi connectivity index (χ3v) is 4.27. The molecule has 0 aromatic heterocycles. The molecule has 0 bridgehead atoms. The Kier molecular flexibility index (Phi) is 5.25. The summed E-state index contributed by atoms with van der Waals surface area (Å²) in [7, 11) is 0. The minimum Gasteiger partial charge on any atom is -0.329 e. The van der Waals surface area contributed by atoms with Crippen molar-refractivity contribution in [2.75, 3.05) is 24.6 Å². The fourth-order valence-electron chi connectivity index (χ4n) is 1.88. The lowest BCUT2D eigenvalue weighted by Crippen LogP contribution is -2.32. The van der Waals surface area contributed by atoms with Gasteiger partial charge in [0.2, 0.25) is 5.91 Å². The molecule has 7 heteroatoms. The van der Waals surface area contributed by atoms with Gasteiger partial charge in [-0.3, -0.25) is 9.69 Å². The van der Waals surface area contributed by atoms with Gasteiger partial charge in [0.25, 0.3) is 0 Å². The normalized spacial score (nSPS) is 14.8. The van der Waals surface area contributed by atoms with Crippen molar-refractivity contribution in [1.82, 2.24) is 10.2 Å². The number of hydrogen-bond donors (Lipinski definition) is 1. The van der Waals surface area contributed by atoms with Gasteiger partial charge in [-0.15, -0.1) is 0 Å². The molecule has 4 nitrogen and oxygen atoms in total. The molecule has 1 N–H and O–H groups in total. The van der Waals surface area contributed by atoms with E-state index in [-0.39, 0.29) is 24.3 Å². The molecule has 0 spiro atoms. The first-order valence-corrected chi connectivity index (χ1v) is 7.71. The van der Waals surface area contributed by atoms with E-state index in [0.29, 0.717) is 35.1 Å². The van der Waals surface area contributed by atoms with Crippen LogP contribution >= 0.6 is 23.4 Å². The molecule has 1 heterocycles. The van der Waals surface area contributed by atoms with Crippen LogP contribution in [0.3, 0.4) is 0 Å². The largest absolute Gasteiger partial charge is 0.329 e. The summed E-state index contributed by atoms with van der Waals surface area (Å²) in [6.45, 7) is 0.453. The summed E-state index contributed by atoms with van der Waals surface area (Å²) in [5, 5.41) is 2.89. The topological polar surface area (TPSA) is 49.4 Å². The van der Waals surface area contributed by atoms with E-state index in [0.717, 1.165) is 0 Å². The maximum atomic E-state index is 13.5. The number of thioether (sulfide) groups is 1. The van der Waals surface area contributed by atoms with Crippen molar-refractivity contribution in [3.05, 3.63) is 34.6 Å². The zero-order valence-corrected chi connectivity index (χ0v) is 12.3. The van der Waals surface area contributed by atoms with Crippen LogP contribution in [-0.2, 0) is 11.2 Å². The van der Waals surface area contributed by atoms with Gasteiger partial charge in [-0.05, 0) is 24.3 Å². The third kappa shape index (κ3) is 3.64. The smallest absolute Gasteiger partial charge is 0.324 e.